The smallest absolute Gasteiger partial charge is 0.208 e. The zero-order valence-electron chi connectivity index (χ0n) is 13.5. The quantitative estimate of drug-likeness (QED) is 0.683. The van der Waals surface area contributed by atoms with Crippen molar-refractivity contribution in [2.75, 3.05) is 31.1 Å². The fourth-order valence-electron chi connectivity index (χ4n) is 3.18. The van der Waals surface area contributed by atoms with Crippen molar-refractivity contribution >= 4 is 42.4 Å². The van der Waals surface area contributed by atoms with Crippen LogP contribution >= 0.6 is 15.9 Å². The molecule has 0 radical (unpaired) electrons. The number of sulfone groups is 1. The number of fused-ring (bicyclic) bond motifs is 1. The molecular weight excluding hydrogens is 402 g/mol. The third kappa shape index (κ3) is 3.07. The standard InChI is InChI=1S/C18H18BrN3O2S/c19-13-1-6-17-16(11-13)18(12-21-17)25(23,24)15-4-2-14(3-5-15)22-9-7-20-8-10-22/h1-6,11-12,20-21H,7-10H2. The minimum atomic E-state index is -3.57. The third-order valence-corrected chi connectivity index (χ3v) is 6.83. The predicted molar refractivity (Wildman–Crippen MR) is 103 cm³/mol. The van der Waals surface area contributed by atoms with E-state index in [4.69, 9.17) is 0 Å². The van der Waals surface area contributed by atoms with Crippen molar-refractivity contribution in [3.8, 4) is 0 Å². The maximum atomic E-state index is 13.0. The Balaban J connectivity index is 1.71. The van der Waals surface area contributed by atoms with Crippen LogP contribution in [0, 0.1) is 0 Å². The molecule has 3 aromatic rings. The van der Waals surface area contributed by atoms with Crippen molar-refractivity contribution in [2.24, 2.45) is 0 Å². The van der Waals surface area contributed by atoms with E-state index < -0.39 is 9.84 Å². The third-order valence-electron chi connectivity index (χ3n) is 4.52. The van der Waals surface area contributed by atoms with Crippen molar-refractivity contribution in [1.29, 1.82) is 0 Å². The first-order valence-electron chi connectivity index (χ1n) is 8.13. The first-order valence-corrected chi connectivity index (χ1v) is 10.4. The number of nitrogens with one attached hydrogen (secondary N) is 2. The van der Waals surface area contributed by atoms with Crippen LogP contribution in [0.25, 0.3) is 10.9 Å². The lowest BCUT2D eigenvalue weighted by Gasteiger charge is -2.29. The van der Waals surface area contributed by atoms with Crippen molar-refractivity contribution in [2.45, 2.75) is 9.79 Å². The highest BCUT2D eigenvalue weighted by molar-refractivity contribution is 9.10. The number of rotatable bonds is 3. The highest BCUT2D eigenvalue weighted by Crippen LogP contribution is 2.31. The Hall–Kier alpha value is -1.83. The highest BCUT2D eigenvalue weighted by Gasteiger charge is 2.22. The molecule has 25 heavy (non-hydrogen) atoms. The Morgan fingerprint density at radius 2 is 1.72 bits per heavy atom. The molecule has 0 spiro atoms. The van der Waals surface area contributed by atoms with Gasteiger partial charge in [-0.15, -0.1) is 0 Å². The van der Waals surface area contributed by atoms with Gasteiger partial charge in [0, 0.05) is 53.4 Å². The molecule has 2 heterocycles. The summed E-state index contributed by atoms with van der Waals surface area (Å²) < 4.78 is 26.9. The van der Waals surface area contributed by atoms with Crippen LogP contribution in [0.15, 0.2) is 62.9 Å². The molecule has 1 saturated heterocycles. The molecule has 7 heteroatoms. The molecule has 0 unspecified atom stereocenters. The van der Waals surface area contributed by atoms with Gasteiger partial charge in [0.1, 0.15) is 0 Å². The lowest BCUT2D eigenvalue weighted by atomic mass is 10.2. The number of anilines is 1. The molecule has 1 fully saturated rings. The molecule has 4 rings (SSSR count). The Kier molecular flexibility index (Phi) is 4.31. The molecule has 1 aromatic heterocycles. The summed E-state index contributed by atoms with van der Waals surface area (Å²) in [6.45, 7) is 3.76. The molecule has 0 aliphatic carbocycles. The second kappa shape index (κ2) is 6.48. The maximum Gasteiger partial charge on any atom is 0.208 e. The minimum Gasteiger partial charge on any atom is -0.369 e. The number of aromatic nitrogens is 1. The van der Waals surface area contributed by atoms with Crippen molar-refractivity contribution < 1.29 is 8.42 Å². The van der Waals surface area contributed by atoms with Gasteiger partial charge in [-0.25, -0.2) is 8.42 Å². The van der Waals surface area contributed by atoms with Gasteiger partial charge < -0.3 is 15.2 Å². The van der Waals surface area contributed by atoms with Gasteiger partial charge in [-0.05, 0) is 42.5 Å². The molecule has 2 aromatic carbocycles. The first-order chi connectivity index (χ1) is 12.1. The lowest BCUT2D eigenvalue weighted by molar-refractivity contribution is 0.588. The van der Waals surface area contributed by atoms with E-state index in [1.165, 1.54) is 0 Å². The summed E-state index contributed by atoms with van der Waals surface area (Å²) in [7, 11) is -3.57. The summed E-state index contributed by atoms with van der Waals surface area (Å²) >= 11 is 3.41. The van der Waals surface area contributed by atoms with Crippen LogP contribution in [0.3, 0.4) is 0 Å². The number of aromatic amines is 1. The summed E-state index contributed by atoms with van der Waals surface area (Å²) in [6.07, 6.45) is 1.57. The van der Waals surface area contributed by atoms with E-state index in [0.717, 1.165) is 41.9 Å². The molecule has 1 aliphatic rings. The van der Waals surface area contributed by atoms with Crippen LogP contribution in [-0.4, -0.2) is 39.6 Å². The number of hydrogen-bond donors (Lipinski definition) is 2. The molecule has 5 nitrogen and oxygen atoms in total. The van der Waals surface area contributed by atoms with Crippen LogP contribution in [0.5, 0.6) is 0 Å². The number of benzene rings is 2. The van der Waals surface area contributed by atoms with Gasteiger partial charge in [0.15, 0.2) is 0 Å². The molecular formula is C18H18BrN3O2S. The Morgan fingerprint density at radius 1 is 1.00 bits per heavy atom. The van der Waals surface area contributed by atoms with Gasteiger partial charge in [0.05, 0.1) is 9.79 Å². The predicted octanol–water partition coefficient (Wildman–Crippen LogP) is 3.17. The average Bonchev–Trinajstić information content (AvgIpc) is 3.06. The Labute approximate surface area is 155 Å². The van der Waals surface area contributed by atoms with Gasteiger partial charge in [0.2, 0.25) is 9.84 Å². The van der Waals surface area contributed by atoms with E-state index in [-0.39, 0.29) is 0 Å². The van der Waals surface area contributed by atoms with Crippen molar-refractivity contribution in [3.05, 3.63) is 53.1 Å². The Bertz CT molecular complexity index is 1010. The fraction of sp³-hybridized carbons (Fsp3) is 0.222. The normalized spacial score (nSPS) is 15.6. The monoisotopic (exact) mass is 419 g/mol. The summed E-state index contributed by atoms with van der Waals surface area (Å²) in [5.74, 6) is 0. The van der Waals surface area contributed by atoms with Crippen LogP contribution < -0.4 is 10.2 Å². The van der Waals surface area contributed by atoms with Crippen LogP contribution in [0.4, 0.5) is 5.69 Å². The van der Waals surface area contributed by atoms with Gasteiger partial charge >= 0.3 is 0 Å². The van der Waals surface area contributed by atoms with Gasteiger partial charge in [-0.2, -0.15) is 0 Å². The van der Waals surface area contributed by atoms with Gasteiger partial charge in [-0.1, -0.05) is 15.9 Å². The molecule has 0 atom stereocenters. The van der Waals surface area contributed by atoms with Crippen molar-refractivity contribution in [3.63, 3.8) is 0 Å². The van der Waals surface area contributed by atoms with Gasteiger partial charge in [0.25, 0.3) is 0 Å². The highest BCUT2D eigenvalue weighted by atomic mass is 79.9. The van der Waals surface area contributed by atoms with Crippen LogP contribution in [0.1, 0.15) is 0 Å². The lowest BCUT2D eigenvalue weighted by Crippen LogP contribution is -2.43. The summed E-state index contributed by atoms with van der Waals surface area (Å²) in [5.41, 5.74) is 1.86. The first kappa shape index (κ1) is 16.6. The molecule has 2 N–H and O–H groups in total. The number of H-pyrrole nitrogens is 1. The molecule has 0 saturated carbocycles. The summed E-state index contributed by atoms with van der Waals surface area (Å²) in [6, 6.07) is 12.8. The van der Waals surface area contributed by atoms with E-state index in [0.29, 0.717) is 15.2 Å². The minimum absolute atomic E-state index is 0.304. The number of nitrogens with zero attached hydrogens (tertiary/aromatic N) is 1. The average molecular weight is 420 g/mol. The van der Waals surface area contributed by atoms with Gasteiger partial charge in [-0.3, -0.25) is 0 Å². The van der Waals surface area contributed by atoms with Crippen LogP contribution in [-0.2, 0) is 9.84 Å². The van der Waals surface area contributed by atoms with E-state index in [1.807, 2.05) is 30.3 Å². The number of halogens is 1. The molecule has 0 amide bonds. The second-order valence-electron chi connectivity index (χ2n) is 6.08. The summed E-state index contributed by atoms with van der Waals surface area (Å²) in [5, 5.41) is 4.01. The largest absolute Gasteiger partial charge is 0.369 e. The second-order valence-corrected chi connectivity index (χ2v) is 8.91. The summed E-state index contributed by atoms with van der Waals surface area (Å²) in [4.78, 5) is 5.92. The van der Waals surface area contributed by atoms with Crippen LogP contribution in [0.2, 0.25) is 0 Å². The number of hydrogen-bond acceptors (Lipinski definition) is 4. The Morgan fingerprint density at radius 3 is 2.44 bits per heavy atom. The maximum absolute atomic E-state index is 13.0. The molecule has 0 bridgehead atoms. The van der Waals surface area contributed by atoms with E-state index in [1.54, 1.807) is 18.3 Å². The van der Waals surface area contributed by atoms with E-state index >= 15 is 0 Å². The molecule has 1 aliphatic heterocycles. The topological polar surface area (TPSA) is 65.2 Å². The zero-order valence-corrected chi connectivity index (χ0v) is 15.9. The fourth-order valence-corrected chi connectivity index (χ4v) is 4.96. The molecule has 130 valence electrons. The zero-order chi connectivity index (χ0) is 17.4. The van der Waals surface area contributed by atoms with E-state index in [9.17, 15) is 8.42 Å². The van der Waals surface area contributed by atoms with E-state index in [2.05, 4.69) is 31.1 Å². The van der Waals surface area contributed by atoms with Crippen molar-refractivity contribution in [1.82, 2.24) is 10.3 Å². The SMILES string of the molecule is O=S(=O)(c1ccc(N2CCNCC2)cc1)c1c[nH]c2ccc(Br)cc12. The number of piperazine rings is 1.